The van der Waals surface area contributed by atoms with Gasteiger partial charge in [-0.15, -0.1) is 11.8 Å². The molecule has 0 saturated carbocycles. The van der Waals surface area contributed by atoms with Gasteiger partial charge in [0.25, 0.3) is 0 Å². The third-order valence-electron chi connectivity index (χ3n) is 3.10. The fraction of sp³-hybridized carbons (Fsp3) is 0.571. The molecular formula is C14H21NOS. The largest absolute Gasteiger partial charge is 0.377 e. The van der Waals surface area contributed by atoms with Crippen molar-refractivity contribution in [2.24, 2.45) is 0 Å². The van der Waals surface area contributed by atoms with Gasteiger partial charge in [0.15, 0.2) is 0 Å². The van der Waals surface area contributed by atoms with E-state index in [1.54, 1.807) is 0 Å². The molecule has 1 saturated heterocycles. The van der Waals surface area contributed by atoms with Crippen molar-refractivity contribution < 1.29 is 4.74 Å². The average molecular weight is 251 g/mol. The van der Waals surface area contributed by atoms with Gasteiger partial charge in [0.2, 0.25) is 0 Å². The van der Waals surface area contributed by atoms with Crippen LogP contribution in [0.3, 0.4) is 0 Å². The Morgan fingerprint density at radius 2 is 2.24 bits per heavy atom. The van der Waals surface area contributed by atoms with Crippen molar-refractivity contribution >= 4 is 11.8 Å². The van der Waals surface area contributed by atoms with Gasteiger partial charge in [-0.3, -0.25) is 0 Å². The fourth-order valence-electron chi connectivity index (χ4n) is 2.10. The van der Waals surface area contributed by atoms with Crippen LogP contribution < -0.4 is 5.32 Å². The van der Waals surface area contributed by atoms with Crippen molar-refractivity contribution in [2.75, 3.05) is 18.9 Å². The van der Waals surface area contributed by atoms with Gasteiger partial charge in [-0.1, -0.05) is 18.2 Å². The molecular weight excluding hydrogens is 230 g/mol. The summed E-state index contributed by atoms with van der Waals surface area (Å²) in [4.78, 5) is 1.35. The quantitative estimate of drug-likeness (QED) is 0.620. The molecule has 0 bridgehead atoms. The van der Waals surface area contributed by atoms with Crippen LogP contribution in [0.15, 0.2) is 35.2 Å². The Morgan fingerprint density at radius 3 is 2.94 bits per heavy atom. The Hall–Kier alpha value is -0.510. The summed E-state index contributed by atoms with van der Waals surface area (Å²) in [5, 5.41) is 3.55. The molecule has 3 heteroatoms. The molecule has 2 rings (SSSR count). The summed E-state index contributed by atoms with van der Waals surface area (Å²) in [6.07, 6.45) is 2.85. The lowest BCUT2D eigenvalue weighted by molar-refractivity contribution is 0.0844. The fourth-order valence-corrected chi connectivity index (χ4v) is 2.91. The first-order chi connectivity index (χ1) is 8.36. The zero-order valence-electron chi connectivity index (χ0n) is 10.4. The highest BCUT2D eigenvalue weighted by atomic mass is 32.2. The zero-order valence-corrected chi connectivity index (χ0v) is 11.2. The van der Waals surface area contributed by atoms with Crippen LogP contribution in [-0.4, -0.2) is 31.1 Å². The Kier molecular flexibility index (Phi) is 5.36. The Bertz CT molecular complexity index is 311. The number of ether oxygens (including phenoxy) is 1. The molecule has 0 spiro atoms. The number of hydrogen-bond acceptors (Lipinski definition) is 3. The first-order valence-electron chi connectivity index (χ1n) is 6.39. The molecule has 1 aliphatic rings. The zero-order chi connectivity index (χ0) is 11.9. The Labute approximate surface area is 108 Å². The molecule has 2 atom stereocenters. The van der Waals surface area contributed by atoms with Crippen molar-refractivity contribution in [3.05, 3.63) is 30.3 Å². The van der Waals surface area contributed by atoms with Crippen molar-refractivity contribution in [1.29, 1.82) is 0 Å². The van der Waals surface area contributed by atoms with Crippen LogP contribution in [0.1, 0.15) is 19.8 Å². The number of thioether (sulfide) groups is 1. The topological polar surface area (TPSA) is 21.3 Å². The summed E-state index contributed by atoms with van der Waals surface area (Å²) in [5.74, 6) is 1.11. The van der Waals surface area contributed by atoms with Gasteiger partial charge >= 0.3 is 0 Å². The van der Waals surface area contributed by atoms with E-state index in [-0.39, 0.29) is 0 Å². The molecule has 2 unspecified atom stereocenters. The molecule has 17 heavy (non-hydrogen) atoms. The van der Waals surface area contributed by atoms with E-state index in [9.17, 15) is 0 Å². The van der Waals surface area contributed by atoms with Crippen LogP contribution in [0, 0.1) is 0 Å². The molecule has 1 N–H and O–H groups in total. The van der Waals surface area contributed by atoms with Gasteiger partial charge in [0.1, 0.15) is 0 Å². The van der Waals surface area contributed by atoms with Gasteiger partial charge in [-0.25, -0.2) is 0 Å². The van der Waals surface area contributed by atoms with E-state index in [1.165, 1.54) is 17.7 Å². The molecule has 0 aliphatic carbocycles. The molecule has 2 nitrogen and oxygen atoms in total. The molecule has 1 heterocycles. The van der Waals surface area contributed by atoms with Crippen molar-refractivity contribution in [2.45, 2.75) is 36.8 Å². The third-order valence-corrected chi connectivity index (χ3v) is 4.12. The van der Waals surface area contributed by atoms with E-state index >= 15 is 0 Å². The first-order valence-corrected chi connectivity index (χ1v) is 7.37. The van der Waals surface area contributed by atoms with Gasteiger partial charge in [-0.2, -0.15) is 0 Å². The normalized spacial score (nSPS) is 21.6. The Morgan fingerprint density at radius 1 is 1.41 bits per heavy atom. The standard InChI is InChI=1S/C14H21NOS/c1-12(14-8-5-10-16-14)15-9-11-17-13-6-3-2-4-7-13/h2-4,6-7,12,14-15H,5,8-11H2,1H3. The minimum absolute atomic E-state index is 0.428. The molecule has 0 radical (unpaired) electrons. The summed E-state index contributed by atoms with van der Waals surface area (Å²) in [6.45, 7) is 4.21. The first kappa shape index (κ1) is 12.9. The highest BCUT2D eigenvalue weighted by molar-refractivity contribution is 7.99. The second-order valence-corrected chi connectivity index (χ2v) is 5.62. The van der Waals surface area contributed by atoms with Gasteiger partial charge in [-0.05, 0) is 31.9 Å². The molecule has 0 amide bonds. The smallest absolute Gasteiger partial charge is 0.0726 e. The van der Waals surface area contributed by atoms with Crippen LogP contribution in [0.2, 0.25) is 0 Å². The van der Waals surface area contributed by atoms with Crippen LogP contribution in [0.25, 0.3) is 0 Å². The van der Waals surface area contributed by atoms with Crippen LogP contribution in [0.5, 0.6) is 0 Å². The predicted molar refractivity (Wildman–Crippen MR) is 73.6 cm³/mol. The third kappa shape index (κ3) is 4.34. The maximum absolute atomic E-state index is 5.66. The predicted octanol–water partition coefficient (Wildman–Crippen LogP) is 2.94. The summed E-state index contributed by atoms with van der Waals surface area (Å²) in [7, 11) is 0. The number of rotatable bonds is 6. The van der Waals surface area contributed by atoms with E-state index in [4.69, 9.17) is 4.74 Å². The lowest BCUT2D eigenvalue weighted by atomic mass is 10.1. The van der Waals surface area contributed by atoms with Crippen LogP contribution in [0.4, 0.5) is 0 Å². The van der Waals surface area contributed by atoms with E-state index in [0.717, 1.165) is 18.9 Å². The lowest BCUT2D eigenvalue weighted by Gasteiger charge is -2.19. The Balaban J connectivity index is 1.59. The highest BCUT2D eigenvalue weighted by Crippen LogP contribution is 2.17. The molecule has 1 aromatic carbocycles. The van der Waals surface area contributed by atoms with E-state index < -0.39 is 0 Å². The number of benzene rings is 1. The maximum atomic E-state index is 5.66. The summed E-state index contributed by atoms with van der Waals surface area (Å²) in [6, 6.07) is 11.0. The molecule has 1 aliphatic heterocycles. The molecule has 0 aromatic heterocycles. The average Bonchev–Trinajstić information content (AvgIpc) is 2.89. The minimum atomic E-state index is 0.428. The van der Waals surface area contributed by atoms with Gasteiger partial charge in [0, 0.05) is 29.8 Å². The SMILES string of the molecule is CC(NCCSc1ccccc1)C1CCCO1. The van der Waals surface area contributed by atoms with Crippen LogP contribution >= 0.6 is 11.8 Å². The molecule has 1 fully saturated rings. The summed E-state index contributed by atoms with van der Waals surface area (Å²) < 4.78 is 5.66. The second-order valence-electron chi connectivity index (χ2n) is 4.46. The lowest BCUT2D eigenvalue weighted by Crippen LogP contribution is -2.38. The second kappa shape index (κ2) is 7.04. The minimum Gasteiger partial charge on any atom is -0.377 e. The monoisotopic (exact) mass is 251 g/mol. The van der Waals surface area contributed by atoms with Crippen molar-refractivity contribution in [1.82, 2.24) is 5.32 Å². The van der Waals surface area contributed by atoms with Crippen LogP contribution in [-0.2, 0) is 4.74 Å². The molecule has 94 valence electrons. The van der Waals surface area contributed by atoms with E-state index in [2.05, 4.69) is 42.6 Å². The van der Waals surface area contributed by atoms with E-state index in [1.807, 2.05) is 11.8 Å². The van der Waals surface area contributed by atoms with Crippen molar-refractivity contribution in [3.63, 3.8) is 0 Å². The van der Waals surface area contributed by atoms with Gasteiger partial charge in [0.05, 0.1) is 6.10 Å². The highest BCUT2D eigenvalue weighted by Gasteiger charge is 2.21. The van der Waals surface area contributed by atoms with Crippen molar-refractivity contribution in [3.8, 4) is 0 Å². The van der Waals surface area contributed by atoms with E-state index in [0.29, 0.717) is 12.1 Å². The molecule has 1 aromatic rings. The van der Waals surface area contributed by atoms with Gasteiger partial charge < -0.3 is 10.1 Å². The summed E-state index contributed by atoms with van der Waals surface area (Å²) >= 11 is 1.90. The summed E-state index contributed by atoms with van der Waals surface area (Å²) in [5.41, 5.74) is 0. The number of hydrogen-bond donors (Lipinski definition) is 1. The number of nitrogens with one attached hydrogen (secondary N) is 1. The maximum Gasteiger partial charge on any atom is 0.0726 e.